The van der Waals surface area contributed by atoms with Crippen LogP contribution in [-0.4, -0.2) is 31.1 Å². The van der Waals surface area contributed by atoms with Gasteiger partial charge < -0.3 is 4.74 Å². The van der Waals surface area contributed by atoms with Gasteiger partial charge in [0.15, 0.2) is 0 Å². The van der Waals surface area contributed by atoms with Crippen molar-refractivity contribution in [3.63, 3.8) is 0 Å². The maximum absolute atomic E-state index is 11.7. The second-order valence-corrected chi connectivity index (χ2v) is 5.30. The van der Waals surface area contributed by atoms with Crippen LogP contribution in [0, 0.1) is 11.8 Å². The van der Waals surface area contributed by atoms with Gasteiger partial charge in [0.05, 0.1) is 12.7 Å². The summed E-state index contributed by atoms with van der Waals surface area (Å²) in [5.41, 5.74) is 1.75. The first-order valence-corrected chi connectivity index (χ1v) is 6.50. The largest absolute Gasteiger partial charge is 0.465 e. The fourth-order valence-corrected chi connectivity index (χ4v) is 2.59. The molecule has 1 aromatic rings. The molecule has 1 fully saturated rings. The van der Waals surface area contributed by atoms with E-state index in [4.69, 9.17) is 4.74 Å². The summed E-state index contributed by atoms with van der Waals surface area (Å²) >= 11 is 0. The van der Waals surface area contributed by atoms with Gasteiger partial charge in [-0.15, -0.1) is 0 Å². The highest BCUT2D eigenvalue weighted by Gasteiger charge is 2.26. The zero-order chi connectivity index (χ0) is 13.1. The molecule has 3 nitrogen and oxygen atoms in total. The van der Waals surface area contributed by atoms with Crippen molar-refractivity contribution in [3.05, 3.63) is 35.4 Å². The molecule has 1 aromatic carbocycles. The number of methoxy groups -OCH3 is 1. The lowest BCUT2D eigenvalue weighted by molar-refractivity contribution is 0.0598. The van der Waals surface area contributed by atoms with Gasteiger partial charge >= 0.3 is 5.97 Å². The molecule has 0 bridgehead atoms. The van der Waals surface area contributed by atoms with Gasteiger partial charge in [-0.25, -0.2) is 4.79 Å². The molecule has 0 aliphatic carbocycles. The van der Waals surface area contributed by atoms with E-state index in [9.17, 15) is 4.79 Å². The number of hydrogen-bond donors (Lipinski definition) is 0. The van der Waals surface area contributed by atoms with E-state index < -0.39 is 0 Å². The lowest BCUT2D eigenvalue weighted by Gasteiger charge is -2.17. The summed E-state index contributed by atoms with van der Waals surface area (Å²) in [7, 11) is 1.43. The van der Waals surface area contributed by atoms with E-state index in [0.29, 0.717) is 5.56 Å². The van der Waals surface area contributed by atoms with Crippen LogP contribution in [0.1, 0.15) is 29.8 Å². The lowest BCUT2D eigenvalue weighted by Crippen LogP contribution is -2.21. The highest BCUT2D eigenvalue weighted by molar-refractivity contribution is 5.90. The van der Waals surface area contributed by atoms with E-state index in [1.54, 1.807) is 0 Å². The summed E-state index contributed by atoms with van der Waals surface area (Å²) in [4.78, 5) is 14.1. The third-order valence-corrected chi connectivity index (χ3v) is 3.88. The van der Waals surface area contributed by atoms with E-state index >= 15 is 0 Å². The van der Waals surface area contributed by atoms with Crippen molar-refractivity contribution in [1.29, 1.82) is 0 Å². The third kappa shape index (κ3) is 2.72. The molecule has 3 heteroatoms. The molecule has 0 amide bonds. The highest BCUT2D eigenvalue weighted by atomic mass is 16.5. The van der Waals surface area contributed by atoms with Gasteiger partial charge in [-0.3, -0.25) is 4.90 Å². The van der Waals surface area contributed by atoms with E-state index in [1.165, 1.54) is 7.11 Å². The minimum Gasteiger partial charge on any atom is -0.465 e. The number of ether oxygens (including phenoxy) is 1. The molecule has 0 aromatic heterocycles. The molecule has 2 rings (SSSR count). The van der Waals surface area contributed by atoms with Crippen molar-refractivity contribution >= 4 is 5.97 Å². The topological polar surface area (TPSA) is 29.5 Å². The molecule has 2 unspecified atom stereocenters. The van der Waals surface area contributed by atoms with Crippen LogP contribution < -0.4 is 0 Å². The molecular weight excluding hydrogens is 226 g/mol. The Hall–Kier alpha value is -1.35. The van der Waals surface area contributed by atoms with Gasteiger partial charge in [0, 0.05) is 19.6 Å². The van der Waals surface area contributed by atoms with Crippen LogP contribution in [0.4, 0.5) is 0 Å². The van der Waals surface area contributed by atoms with Crippen LogP contribution in [0.3, 0.4) is 0 Å². The average molecular weight is 247 g/mol. The molecule has 1 aliphatic heterocycles. The van der Waals surface area contributed by atoms with Crippen molar-refractivity contribution in [3.8, 4) is 0 Å². The predicted octanol–water partition coefficient (Wildman–Crippen LogP) is 2.56. The summed E-state index contributed by atoms with van der Waals surface area (Å²) in [6.07, 6.45) is 0. The third-order valence-electron chi connectivity index (χ3n) is 3.88. The van der Waals surface area contributed by atoms with Crippen molar-refractivity contribution in [2.45, 2.75) is 20.4 Å². The van der Waals surface area contributed by atoms with Gasteiger partial charge in [-0.1, -0.05) is 32.0 Å². The predicted molar refractivity (Wildman–Crippen MR) is 71.4 cm³/mol. The van der Waals surface area contributed by atoms with Crippen LogP contribution >= 0.6 is 0 Å². The Morgan fingerprint density at radius 1 is 1.28 bits per heavy atom. The smallest absolute Gasteiger partial charge is 0.338 e. The zero-order valence-electron chi connectivity index (χ0n) is 11.3. The van der Waals surface area contributed by atoms with E-state index in [1.807, 2.05) is 24.3 Å². The molecule has 0 saturated carbocycles. The number of esters is 1. The molecule has 1 aliphatic rings. The van der Waals surface area contributed by atoms with Crippen molar-refractivity contribution in [2.24, 2.45) is 11.8 Å². The molecule has 1 saturated heterocycles. The standard InChI is InChI=1S/C15H21NO2/c1-11-8-16(9-12(11)2)10-13-6-4-5-7-14(13)15(17)18-3/h4-7,11-12H,8-10H2,1-3H3. The first kappa shape index (κ1) is 13.1. The molecule has 1 heterocycles. The first-order chi connectivity index (χ1) is 8.61. The van der Waals surface area contributed by atoms with Crippen LogP contribution in [0.25, 0.3) is 0 Å². The monoisotopic (exact) mass is 247 g/mol. The molecule has 0 N–H and O–H groups in total. The second kappa shape index (κ2) is 5.53. The number of nitrogens with zero attached hydrogens (tertiary/aromatic N) is 1. The van der Waals surface area contributed by atoms with E-state index in [0.717, 1.165) is 37.0 Å². The number of benzene rings is 1. The maximum Gasteiger partial charge on any atom is 0.338 e. The lowest BCUT2D eigenvalue weighted by atomic mass is 10.0. The number of carbonyl (C=O) groups excluding carboxylic acids is 1. The zero-order valence-corrected chi connectivity index (χ0v) is 11.3. The summed E-state index contributed by atoms with van der Waals surface area (Å²) in [5.74, 6) is 1.22. The van der Waals surface area contributed by atoms with Gasteiger partial charge in [0.25, 0.3) is 0 Å². The van der Waals surface area contributed by atoms with Crippen LogP contribution in [0.5, 0.6) is 0 Å². The average Bonchev–Trinajstić information content (AvgIpc) is 2.68. The van der Waals surface area contributed by atoms with Crippen LogP contribution in [0.2, 0.25) is 0 Å². The summed E-state index contributed by atoms with van der Waals surface area (Å²) in [6, 6.07) is 7.71. The molecular formula is C15H21NO2. The number of hydrogen-bond acceptors (Lipinski definition) is 3. The molecule has 18 heavy (non-hydrogen) atoms. The van der Waals surface area contributed by atoms with Gasteiger partial charge in [-0.2, -0.15) is 0 Å². The minimum absolute atomic E-state index is 0.245. The highest BCUT2D eigenvalue weighted by Crippen LogP contribution is 2.24. The Bertz CT molecular complexity index is 420. The summed E-state index contributed by atoms with van der Waals surface area (Å²) in [6.45, 7) is 7.63. The van der Waals surface area contributed by atoms with Gasteiger partial charge in [0.1, 0.15) is 0 Å². The van der Waals surface area contributed by atoms with E-state index in [-0.39, 0.29) is 5.97 Å². The van der Waals surface area contributed by atoms with Gasteiger partial charge in [-0.05, 0) is 23.5 Å². The first-order valence-electron chi connectivity index (χ1n) is 6.50. The quantitative estimate of drug-likeness (QED) is 0.769. The van der Waals surface area contributed by atoms with Crippen molar-refractivity contribution < 1.29 is 9.53 Å². The maximum atomic E-state index is 11.7. The van der Waals surface area contributed by atoms with Crippen molar-refractivity contribution in [2.75, 3.05) is 20.2 Å². The van der Waals surface area contributed by atoms with Crippen LogP contribution in [-0.2, 0) is 11.3 Å². The Labute approximate surface area is 109 Å². The number of likely N-dealkylation sites (tertiary alicyclic amines) is 1. The molecule has 98 valence electrons. The SMILES string of the molecule is COC(=O)c1ccccc1CN1CC(C)C(C)C1. The Morgan fingerprint density at radius 3 is 2.50 bits per heavy atom. The number of carbonyl (C=O) groups is 1. The molecule has 0 spiro atoms. The van der Waals surface area contributed by atoms with E-state index in [2.05, 4.69) is 18.7 Å². The summed E-state index contributed by atoms with van der Waals surface area (Å²) in [5, 5.41) is 0. The van der Waals surface area contributed by atoms with Crippen molar-refractivity contribution in [1.82, 2.24) is 4.90 Å². The summed E-state index contributed by atoms with van der Waals surface area (Å²) < 4.78 is 4.83. The Kier molecular flexibility index (Phi) is 4.02. The Morgan fingerprint density at radius 2 is 1.89 bits per heavy atom. The van der Waals surface area contributed by atoms with Gasteiger partial charge in [0.2, 0.25) is 0 Å². The molecule has 0 radical (unpaired) electrons. The van der Waals surface area contributed by atoms with Crippen LogP contribution in [0.15, 0.2) is 24.3 Å². The normalized spacial score (nSPS) is 24.2. The fraction of sp³-hybridized carbons (Fsp3) is 0.533. The second-order valence-electron chi connectivity index (χ2n) is 5.30. The Balaban J connectivity index is 2.12. The minimum atomic E-state index is -0.245. The molecule has 2 atom stereocenters. The fourth-order valence-electron chi connectivity index (χ4n) is 2.59. The number of rotatable bonds is 3.